The molecule has 0 atom stereocenters. The zero-order valence-electron chi connectivity index (χ0n) is 15.5. The van der Waals surface area contributed by atoms with Crippen LogP contribution in [0.3, 0.4) is 0 Å². The van der Waals surface area contributed by atoms with Crippen LogP contribution in [-0.2, 0) is 25.8 Å². The van der Waals surface area contributed by atoms with E-state index in [0.29, 0.717) is 11.1 Å². The Morgan fingerprint density at radius 3 is 2.25 bits per heavy atom. The molecule has 0 bridgehead atoms. The van der Waals surface area contributed by atoms with Crippen LogP contribution in [-0.4, -0.2) is 19.1 Å². The first kappa shape index (κ1) is 22.7. The lowest BCUT2D eigenvalue weighted by Gasteiger charge is -2.26. The second kappa shape index (κ2) is 9.74. The fraction of sp³-hybridized carbons (Fsp3) is 0.316. The molecule has 5 nitrogen and oxygen atoms in total. The number of alkyl halides is 2. The van der Waals surface area contributed by atoms with E-state index in [2.05, 4.69) is 21.2 Å². The molecule has 1 N–H and O–H groups in total. The minimum atomic E-state index is -4.69. The number of rotatable bonds is 9. The number of benzene rings is 2. The zero-order valence-corrected chi connectivity index (χ0v) is 17.9. The molecule has 0 aliphatic rings. The Balaban J connectivity index is 2.19. The van der Waals surface area contributed by atoms with Crippen molar-refractivity contribution in [2.24, 2.45) is 0 Å². The lowest BCUT2D eigenvalue weighted by Crippen LogP contribution is -2.23. The van der Waals surface area contributed by atoms with Crippen molar-refractivity contribution in [1.82, 2.24) is 5.32 Å². The summed E-state index contributed by atoms with van der Waals surface area (Å²) in [6, 6.07) is 12.7. The summed E-state index contributed by atoms with van der Waals surface area (Å²) in [5.41, 5.74) is -3.24. The van der Waals surface area contributed by atoms with Crippen molar-refractivity contribution in [2.45, 2.75) is 26.1 Å². The van der Waals surface area contributed by atoms with Gasteiger partial charge in [-0.2, -0.15) is 8.78 Å². The van der Waals surface area contributed by atoms with Gasteiger partial charge in [0.1, 0.15) is 0 Å². The normalized spacial score (nSPS) is 12.0. The molecule has 2 aromatic carbocycles. The number of amides is 1. The van der Waals surface area contributed by atoms with Crippen LogP contribution in [0.15, 0.2) is 53.0 Å². The third-order valence-electron chi connectivity index (χ3n) is 3.79. The second-order valence-electron chi connectivity index (χ2n) is 5.74. The van der Waals surface area contributed by atoms with Crippen molar-refractivity contribution >= 4 is 29.4 Å². The molecular weight excluding hydrogens is 455 g/mol. The molecule has 2 aromatic rings. The number of nitrogens with one attached hydrogen (secondary N) is 1. The van der Waals surface area contributed by atoms with Gasteiger partial charge in [0, 0.05) is 22.1 Å². The fourth-order valence-corrected chi connectivity index (χ4v) is 4.87. The van der Waals surface area contributed by atoms with Gasteiger partial charge < -0.3 is 14.4 Å². The van der Waals surface area contributed by atoms with Gasteiger partial charge >= 0.3 is 13.3 Å². The van der Waals surface area contributed by atoms with Crippen LogP contribution in [0, 0.1) is 0 Å². The van der Waals surface area contributed by atoms with Gasteiger partial charge in [-0.25, -0.2) is 0 Å². The van der Waals surface area contributed by atoms with Crippen molar-refractivity contribution in [3.8, 4) is 0 Å². The molecule has 28 heavy (non-hydrogen) atoms. The summed E-state index contributed by atoms with van der Waals surface area (Å²) in [5, 5.41) is 2.72. The Labute approximate surface area is 171 Å². The average molecular weight is 476 g/mol. The molecule has 152 valence electrons. The molecule has 0 fully saturated rings. The Kier molecular flexibility index (Phi) is 7.89. The van der Waals surface area contributed by atoms with Crippen LogP contribution in [0.2, 0.25) is 0 Å². The van der Waals surface area contributed by atoms with E-state index in [-0.39, 0.29) is 30.1 Å². The summed E-state index contributed by atoms with van der Waals surface area (Å²) in [6.45, 7) is 2.74. The number of hydrogen-bond acceptors (Lipinski definition) is 4. The first-order chi connectivity index (χ1) is 13.2. The molecule has 0 radical (unpaired) electrons. The molecule has 0 saturated heterocycles. The van der Waals surface area contributed by atoms with E-state index in [9.17, 15) is 18.1 Å². The zero-order chi connectivity index (χ0) is 20.8. The van der Waals surface area contributed by atoms with Crippen LogP contribution < -0.4 is 5.32 Å². The highest BCUT2D eigenvalue weighted by Gasteiger charge is 2.55. The quantitative estimate of drug-likeness (QED) is 0.472. The average Bonchev–Trinajstić information content (AvgIpc) is 2.67. The molecule has 0 aliphatic heterocycles. The summed E-state index contributed by atoms with van der Waals surface area (Å²) in [6.07, 6.45) is 0. The van der Waals surface area contributed by atoms with Crippen molar-refractivity contribution in [3.05, 3.63) is 69.7 Å². The molecule has 2 rings (SSSR count). The van der Waals surface area contributed by atoms with Gasteiger partial charge in [0.05, 0.1) is 13.2 Å². The molecule has 0 aromatic heterocycles. The molecule has 1 amide bonds. The molecule has 0 aliphatic carbocycles. The number of hydrogen-bond donors (Lipinski definition) is 1. The summed E-state index contributed by atoms with van der Waals surface area (Å²) in [4.78, 5) is 12.1. The summed E-state index contributed by atoms with van der Waals surface area (Å²) < 4.78 is 52.0. The van der Waals surface area contributed by atoms with E-state index in [4.69, 9.17) is 9.05 Å². The summed E-state index contributed by atoms with van der Waals surface area (Å²) in [7, 11) is -4.69. The maximum absolute atomic E-state index is 14.9. The topological polar surface area (TPSA) is 64.6 Å². The third kappa shape index (κ3) is 5.06. The van der Waals surface area contributed by atoms with E-state index >= 15 is 0 Å². The number of carbonyl (C=O) groups is 1. The fourth-order valence-electron chi connectivity index (χ4n) is 2.47. The van der Waals surface area contributed by atoms with Gasteiger partial charge in [-0.1, -0.05) is 46.3 Å². The van der Waals surface area contributed by atoms with Gasteiger partial charge in [0.2, 0.25) is 0 Å². The van der Waals surface area contributed by atoms with Crippen LogP contribution in [0.1, 0.15) is 35.3 Å². The SMILES string of the molecule is CCOP(=O)(OCC)C(F)(F)c1ccc(CNC(=O)c2ccccc2)cc1Br. The van der Waals surface area contributed by atoms with Crippen molar-refractivity contribution < 1.29 is 27.2 Å². The van der Waals surface area contributed by atoms with Gasteiger partial charge in [-0.05, 0) is 37.6 Å². The number of halogens is 3. The van der Waals surface area contributed by atoms with Crippen molar-refractivity contribution in [3.63, 3.8) is 0 Å². The predicted molar refractivity (Wildman–Crippen MR) is 107 cm³/mol. The lowest BCUT2D eigenvalue weighted by atomic mass is 10.1. The van der Waals surface area contributed by atoms with Gasteiger partial charge in [0.15, 0.2) is 0 Å². The van der Waals surface area contributed by atoms with E-state index in [1.54, 1.807) is 30.3 Å². The third-order valence-corrected chi connectivity index (χ3v) is 6.57. The largest absolute Gasteiger partial charge is 0.404 e. The first-order valence-corrected chi connectivity index (χ1v) is 11.0. The molecular formula is C19H21BrF2NO4P. The van der Waals surface area contributed by atoms with Crippen LogP contribution >= 0.6 is 23.5 Å². The van der Waals surface area contributed by atoms with Crippen LogP contribution in [0.5, 0.6) is 0 Å². The molecule has 0 saturated carbocycles. The predicted octanol–water partition coefficient (Wildman–Crippen LogP) is 5.69. The second-order valence-corrected chi connectivity index (χ2v) is 8.66. The van der Waals surface area contributed by atoms with Gasteiger partial charge in [-0.3, -0.25) is 9.36 Å². The monoisotopic (exact) mass is 475 g/mol. The van der Waals surface area contributed by atoms with E-state index < -0.39 is 18.8 Å². The minimum Gasteiger partial charge on any atom is -0.348 e. The van der Waals surface area contributed by atoms with Gasteiger partial charge in [0.25, 0.3) is 5.91 Å². The maximum Gasteiger partial charge on any atom is 0.404 e. The highest BCUT2D eigenvalue weighted by molar-refractivity contribution is 9.10. The summed E-state index contributed by atoms with van der Waals surface area (Å²) >= 11 is 3.10. The van der Waals surface area contributed by atoms with Crippen LogP contribution in [0.25, 0.3) is 0 Å². The van der Waals surface area contributed by atoms with Crippen LogP contribution in [0.4, 0.5) is 8.78 Å². The van der Waals surface area contributed by atoms with Crippen molar-refractivity contribution in [2.75, 3.05) is 13.2 Å². The standard InChI is InChI=1S/C19H21BrF2NO4P/c1-3-26-28(25,27-4-2)19(21,22)16-11-10-14(12-17(16)20)13-23-18(24)15-8-6-5-7-9-15/h5-12H,3-4,13H2,1-2H3,(H,23,24). The maximum atomic E-state index is 14.9. The Bertz CT molecular complexity index is 854. The van der Waals surface area contributed by atoms with Crippen molar-refractivity contribution in [1.29, 1.82) is 0 Å². The molecule has 0 spiro atoms. The molecule has 0 heterocycles. The summed E-state index contributed by atoms with van der Waals surface area (Å²) in [5.74, 6) is -0.275. The highest BCUT2D eigenvalue weighted by Crippen LogP contribution is 2.67. The minimum absolute atomic E-state index is 0.0450. The van der Waals surface area contributed by atoms with E-state index in [1.807, 2.05) is 0 Å². The Hall–Kier alpha value is -1.60. The molecule has 9 heteroatoms. The Morgan fingerprint density at radius 2 is 1.71 bits per heavy atom. The van der Waals surface area contributed by atoms with Gasteiger partial charge in [-0.15, -0.1) is 0 Å². The van der Waals surface area contributed by atoms with E-state index in [0.717, 1.165) is 6.07 Å². The Morgan fingerprint density at radius 1 is 1.11 bits per heavy atom. The number of carbonyl (C=O) groups excluding carboxylic acids is 1. The first-order valence-electron chi connectivity index (χ1n) is 8.64. The lowest BCUT2D eigenvalue weighted by molar-refractivity contribution is 0.0354. The van der Waals surface area contributed by atoms with E-state index in [1.165, 1.54) is 26.0 Å². The highest BCUT2D eigenvalue weighted by atomic mass is 79.9. The molecule has 0 unspecified atom stereocenters. The smallest absolute Gasteiger partial charge is 0.348 e.